The molecule has 2 aromatic heterocycles. The van der Waals surface area contributed by atoms with Gasteiger partial charge < -0.3 is 5.32 Å². The largest absolute Gasteiger partial charge is 0.322 e. The van der Waals surface area contributed by atoms with Crippen molar-refractivity contribution in [3.63, 3.8) is 0 Å². The second-order valence-electron chi connectivity index (χ2n) is 4.98. The first-order valence-electron chi connectivity index (χ1n) is 6.87. The van der Waals surface area contributed by atoms with Crippen LogP contribution in [-0.2, 0) is 18.4 Å². The SMILES string of the molecule is Cc1c(NC(=O)Cn2cc(-c3ccccc3)nn2)cnn1C. The molecule has 0 atom stereocenters. The minimum atomic E-state index is -0.166. The maximum absolute atomic E-state index is 12.1. The van der Waals surface area contributed by atoms with E-state index in [-0.39, 0.29) is 12.5 Å². The first kappa shape index (κ1) is 14.0. The highest BCUT2D eigenvalue weighted by molar-refractivity contribution is 5.90. The van der Waals surface area contributed by atoms with E-state index < -0.39 is 0 Å². The van der Waals surface area contributed by atoms with E-state index in [1.807, 2.05) is 44.3 Å². The highest BCUT2D eigenvalue weighted by Gasteiger charge is 2.10. The van der Waals surface area contributed by atoms with Gasteiger partial charge in [-0.3, -0.25) is 9.48 Å². The zero-order valence-corrected chi connectivity index (χ0v) is 12.4. The summed E-state index contributed by atoms with van der Waals surface area (Å²) in [5.74, 6) is -0.166. The summed E-state index contributed by atoms with van der Waals surface area (Å²) < 4.78 is 3.22. The molecule has 1 N–H and O–H groups in total. The molecule has 2 heterocycles. The number of hydrogen-bond donors (Lipinski definition) is 1. The van der Waals surface area contributed by atoms with Gasteiger partial charge in [-0.15, -0.1) is 5.10 Å². The van der Waals surface area contributed by atoms with Gasteiger partial charge in [0.1, 0.15) is 12.2 Å². The van der Waals surface area contributed by atoms with E-state index in [0.29, 0.717) is 5.69 Å². The van der Waals surface area contributed by atoms with Crippen LogP contribution in [0.2, 0.25) is 0 Å². The van der Waals surface area contributed by atoms with Crippen LogP contribution >= 0.6 is 0 Å². The molecule has 3 rings (SSSR count). The minimum Gasteiger partial charge on any atom is -0.322 e. The Hall–Kier alpha value is -2.96. The van der Waals surface area contributed by atoms with E-state index in [1.54, 1.807) is 17.1 Å². The number of rotatable bonds is 4. The molecule has 0 saturated heterocycles. The predicted octanol–water partition coefficient (Wildman–Crippen LogP) is 1.63. The summed E-state index contributed by atoms with van der Waals surface area (Å²) in [6, 6.07) is 9.72. The van der Waals surface area contributed by atoms with Gasteiger partial charge in [-0.2, -0.15) is 5.10 Å². The lowest BCUT2D eigenvalue weighted by Gasteiger charge is -2.04. The van der Waals surface area contributed by atoms with Crippen molar-refractivity contribution in [2.45, 2.75) is 13.5 Å². The van der Waals surface area contributed by atoms with Gasteiger partial charge in [0, 0.05) is 12.6 Å². The Morgan fingerprint density at radius 1 is 1.27 bits per heavy atom. The fourth-order valence-corrected chi connectivity index (χ4v) is 2.08. The number of aromatic nitrogens is 5. The molecule has 0 unspecified atom stereocenters. The van der Waals surface area contributed by atoms with Crippen LogP contribution in [-0.4, -0.2) is 30.7 Å². The normalized spacial score (nSPS) is 10.6. The predicted molar refractivity (Wildman–Crippen MR) is 82.0 cm³/mol. The minimum absolute atomic E-state index is 0.105. The summed E-state index contributed by atoms with van der Waals surface area (Å²) in [4.78, 5) is 12.1. The molecule has 1 aromatic carbocycles. The lowest BCUT2D eigenvalue weighted by atomic mass is 10.2. The number of amides is 1. The summed E-state index contributed by atoms with van der Waals surface area (Å²) in [5.41, 5.74) is 3.32. The highest BCUT2D eigenvalue weighted by Crippen LogP contribution is 2.15. The summed E-state index contributed by atoms with van der Waals surface area (Å²) in [7, 11) is 1.83. The van der Waals surface area contributed by atoms with E-state index in [2.05, 4.69) is 20.7 Å². The number of nitrogens with one attached hydrogen (secondary N) is 1. The molecule has 22 heavy (non-hydrogen) atoms. The smallest absolute Gasteiger partial charge is 0.246 e. The third-order valence-electron chi connectivity index (χ3n) is 3.42. The molecule has 0 radical (unpaired) electrons. The topological polar surface area (TPSA) is 77.6 Å². The van der Waals surface area contributed by atoms with Gasteiger partial charge in [0.05, 0.1) is 23.8 Å². The monoisotopic (exact) mass is 296 g/mol. The molecule has 0 aliphatic heterocycles. The van der Waals surface area contributed by atoms with Crippen molar-refractivity contribution in [2.24, 2.45) is 7.05 Å². The van der Waals surface area contributed by atoms with Gasteiger partial charge in [-0.25, -0.2) is 4.68 Å². The van der Waals surface area contributed by atoms with E-state index >= 15 is 0 Å². The molecule has 3 aromatic rings. The average molecular weight is 296 g/mol. The Labute approximate surface area is 127 Å². The van der Waals surface area contributed by atoms with Crippen LogP contribution in [0.3, 0.4) is 0 Å². The molecule has 112 valence electrons. The van der Waals surface area contributed by atoms with Gasteiger partial charge in [0.25, 0.3) is 0 Å². The van der Waals surface area contributed by atoms with E-state index in [4.69, 9.17) is 0 Å². The van der Waals surface area contributed by atoms with Crippen LogP contribution in [0.25, 0.3) is 11.3 Å². The first-order chi connectivity index (χ1) is 10.6. The van der Waals surface area contributed by atoms with Crippen LogP contribution < -0.4 is 5.32 Å². The summed E-state index contributed by atoms with van der Waals surface area (Å²) in [6.07, 6.45) is 3.38. The van der Waals surface area contributed by atoms with Crippen LogP contribution in [0.1, 0.15) is 5.69 Å². The Morgan fingerprint density at radius 3 is 2.73 bits per heavy atom. The molecule has 0 bridgehead atoms. The molecular weight excluding hydrogens is 280 g/mol. The summed E-state index contributed by atoms with van der Waals surface area (Å²) in [5, 5.41) is 15.0. The molecule has 0 saturated carbocycles. The van der Waals surface area contributed by atoms with Crippen molar-refractivity contribution in [1.29, 1.82) is 0 Å². The van der Waals surface area contributed by atoms with Crippen LogP contribution in [0.15, 0.2) is 42.7 Å². The third-order valence-corrected chi connectivity index (χ3v) is 3.42. The molecular formula is C15H16N6O. The van der Waals surface area contributed by atoms with Crippen LogP contribution in [0.5, 0.6) is 0 Å². The van der Waals surface area contributed by atoms with Crippen molar-refractivity contribution in [2.75, 3.05) is 5.32 Å². The number of nitrogens with zero attached hydrogens (tertiary/aromatic N) is 5. The number of aryl methyl sites for hydroxylation is 1. The molecule has 0 aliphatic rings. The number of benzene rings is 1. The molecule has 0 aliphatic carbocycles. The maximum Gasteiger partial charge on any atom is 0.246 e. The van der Waals surface area contributed by atoms with Gasteiger partial charge >= 0.3 is 0 Å². The van der Waals surface area contributed by atoms with Gasteiger partial charge in [-0.05, 0) is 6.92 Å². The lowest BCUT2D eigenvalue weighted by Crippen LogP contribution is -2.19. The highest BCUT2D eigenvalue weighted by atomic mass is 16.2. The van der Waals surface area contributed by atoms with Crippen molar-refractivity contribution in [1.82, 2.24) is 24.8 Å². The average Bonchev–Trinajstić information content (AvgIpc) is 3.10. The molecule has 7 heteroatoms. The van der Waals surface area contributed by atoms with Crippen molar-refractivity contribution >= 4 is 11.6 Å². The van der Waals surface area contributed by atoms with Gasteiger partial charge in [0.2, 0.25) is 5.91 Å². The zero-order chi connectivity index (χ0) is 15.5. The number of carbonyl (C=O) groups is 1. The number of hydrogen-bond acceptors (Lipinski definition) is 4. The standard InChI is InChI=1S/C15H16N6O/c1-11-13(8-16-20(11)2)17-15(22)10-21-9-14(18-19-21)12-6-4-3-5-7-12/h3-9H,10H2,1-2H3,(H,17,22). The Balaban J connectivity index is 1.67. The Kier molecular flexibility index (Phi) is 3.69. The summed E-state index contributed by atoms with van der Waals surface area (Å²) in [6.45, 7) is 2.00. The van der Waals surface area contributed by atoms with E-state index in [9.17, 15) is 4.79 Å². The van der Waals surface area contributed by atoms with Crippen LogP contribution in [0.4, 0.5) is 5.69 Å². The first-order valence-corrected chi connectivity index (χ1v) is 6.87. The molecule has 0 spiro atoms. The second-order valence-corrected chi connectivity index (χ2v) is 4.98. The maximum atomic E-state index is 12.1. The van der Waals surface area contributed by atoms with Gasteiger partial charge in [0.15, 0.2) is 0 Å². The third kappa shape index (κ3) is 2.88. The van der Waals surface area contributed by atoms with E-state index in [1.165, 1.54) is 4.68 Å². The second kappa shape index (κ2) is 5.80. The van der Waals surface area contributed by atoms with E-state index in [0.717, 1.165) is 17.0 Å². The fraction of sp³-hybridized carbons (Fsp3) is 0.200. The van der Waals surface area contributed by atoms with Crippen molar-refractivity contribution in [3.8, 4) is 11.3 Å². The molecule has 0 fully saturated rings. The van der Waals surface area contributed by atoms with Gasteiger partial charge in [-0.1, -0.05) is 35.5 Å². The number of carbonyl (C=O) groups excluding carboxylic acids is 1. The molecule has 1 amide bonds. The lowest BCUT2D eigenvalue weighted by molar-refractivity contribution is -0.116. The summed E-state index contributed by atoms with van der Waals surface area (Å²) >= 11 is 0. The number of anilines is 1. The van der Waals surface area contributed by atoms with Crippen molar-refractivity contribution < 1.29 is 4.79 Å². The van der Waals surface area contributed by atoms with Crippen molar-refractivity contribution in [3.05, 3.63) is 48.4 Å². The van der Waals surface area contributed by atoms with Crippen LogP contribution in [0, 0.1) is 6.92 Å². The quantitative estimate of drug-likeness (QED) is 0.793. The Morgan fingerprint density at radius 2 is 2.05 bits per heavy atom. The fourth-order valence-electron chi connectivity index (χ4n) is 2.08. The Bertz CT molecular complexity index is 789. The zero-order valence-electron chi connectivity index (χ0n) is 12.4. The molecule has 7 nitrogen and oxygen atoms in total.